The van der Waals surface area contributed by atoms with E-state index in [4.69, 9.17) is 15.6 Å². The minimum absolute atomic E-state index is 0.00667. The fourth-order valence-corrected chi connectivity index (χ4v) is 1.32. The average molecular weight is 167 g/mol. The number of hydrogen-bond donors (Lipinski definition) is 3. The van der Waals surface area contributed by atoms with Crippen molar-refractivity contribution in [2.45, 2.75) is 6.04 Å². The summed E-state index contributed by atoms with van der Waals surface area (Å²) in [6.07, 6.45) is 0. The highest BCUT2D eigenvalue weighted by Crippen LogP contribution is 2.41. The molecule has 2 rings (SSSR count). The summed E-state index contributed by atoms with van der Waals surface area (Å²) in [6, 6.07) is 2.49. The highest BCUT2D eigenvalue weighted by Gasteiger charge is 2.24. The van der Waals surface area contributed by atoms with Gasteiger partial charge in [0.2, 0.25) is 0 Å². The van der Waals surface area contributed by atoms with E-state index in [-0.39, 0.29) is 17.5 Å². The summed E-state index contributed by atoms with van der Waals surface area (Å²) in [4.78, 5) is 0. The van der Waals surface area contributed by atoms with E-state index in [1.54, 1.807) is 0 Å². The van der Waals surface area contributed by atoms with Crippen molar-refractivity contribution in [3.8, 4) is 17.2 Å². The molecule has 4 nitrogen and oxygen atoms in total. The Labute approximate surface area is 69.2 Å². The Hall–Kier alpha value is -1.42. The monoisotopic (exact) mass is 167 g/mol. The Balaban J connectivity index is 2.60. The van der Waals surface area contributed by atoms with Gasteiger partial charge in [-0.05, 0) is 6.07 Å². The number of hydrogen-bond acceptors (Lipinski definition) is 4. The lowest BCUT2D eigenvalue weighted by Gasteiger charge is -2.02. The number of aromatic hydroxyl groups is 2. The molecule has 0 bridgehead atoms. The number of rotatable bonds is 0. The lowest BCUT2D eigenvalue weighted by molar-refractivity contribution is 0.316. The predicted octanol–water partition coefficient (Wildman–Crippen LogP) is 0.490. The summed E-state index contributed by atoms with van der Waals surface area (Å²) >= 11 is 0. The standard InChI is InChI=1S/C8H9NO3/c9-6-3-12-8-5(6)1-4(10)2-7(8)11/h1-2,6,10-11H,3,9H2. The summed E-state index contributed by atoms with van der Waals surface area (Å²) in [5, 5.41) is 18.4. The zero-order valence-electron chi connectivity index (χ0n) is 6.32. The van der Waals surface area contributed by atoms with Crippen LogP contribution < -0.4 is 10.5 Å². The number of nitrogens with two attached hydrogens (primary N) is 1. The van der Waals surface area contributed by atoms with E-state index in [0.717, 1.165) is 0 Å². The van der Waals surface area contributed by atoms with Crippen molar-refractivity contribution >= 4 is 0 Å². The molecular weight excluding hydrogens is 158 g/mol. The minimum Gasteiger partial charge on any atom is -0.508 e. The third-order valence-electron chi connectivity index (χ3n) is 1.89. The first kappa shape index (κ1) is 7.24. The Morgan fingerprint density at radius 2 is 2.17 bits per heavy atom. The molecule has 1 aromatic carbocycles. The molecule has 1 unspecified atom stereocenters. The SMILES string of the molecule is NC1COc2c(O)cc(O)cc21. The fraction of sp³-hybridized carbons (Fsp3) is 0.250. The molecule has 0 fully saturated rings. The average Bonchev–Trinajstić information content (AvgIpc) is 2.33. The van der Waals surface area contributed by atoms with Crippen LogP contribution in [0.15, 0.2) is 12.1 Å². The molecule has 4 heteroatoms. The largest absolute Gasteiger partial charge is 0.508 e. The minimum atomic E-state index is -0.252. The Kier molecular flexibility index (Phi) is 1.38. The van der Waals surface area contributed by atoms with Gasteiger partial charge in [-0.3, -0.25) is 0 Å². The van der Waals surface area contributed by atoms with Gasteiger partial charge in [-0.2, -0.15) is 0 Å². The summed E-state index contributed by atoms with van der Waals surface area (Å²) in [5.74, 6) is 0.338. The normalized spacial score (nSPS) is 20.2. The number of benzene rings is 1. The van der Waals surface area contributed by atoms with Crippen LogP contribution in [0.1, 0.15) is 11.6 Å². The molecule has 1 aliphatic heterocycles. The van der Waals surface area contributed by atoms with Crippen LogP contribution in [-0.4, -0.2) is 16.8 Å². The molecule has 1 aromatic rings. The maximum Gasteiger partial charge on any atom is 0.166 e. The highest BCUT2D eigenvalue weighted by molar-refractivity contribution is 5.53. The zero-order chi connectivity index (χ0) is 8.72. The third-order valence-corrected chi connectivity index (χ3v) is 1.89. The van der Waals surface area contributed by atoms with Gasteiger partial charge in [0, 0.05) is 11.6 Å². The first-order valence-electron chi connectivity index (χ1n) is 3.62. The summed E-state index contributed by atoms with van der Waals surface area (Å²) in [7, 11) is 0. The predicted molar refractivity (Wildman–Crippen MR) is 42.2 cm³/mol. The van der Waals surface area contributed by atoms with Gasteiger partial charge in [-0.25, -0.2) is 0 Å². The zero-order valence-corrected chi connectivity index (χ0v) is 6.32. The fourth-order valence-electron chi connectivity index (χ4n) is 1.32. The molecule has 4 N–H and O–H groups in total. The number of phenolic OH excluding ortho intramolecular Hbond substituents is 2. The molecule has 0 radical (unpaired) electrons. The van der Waals surface area contributed by atoms with Crippen molar-refractivity contribution in [2.24, 2.45) is 5.73 Å². The Morgan fingerprint density at radius 1 is 1.42 bits per heavy atom. The quantitative estimate of drug-likeness (QED) is 0.525. The second-order valence-corrected chi connectivity index (χ2v) is 2.80. The van der Waals surface area contributed by atoms with Crippen molar-refractivity contribution in [2.75, 3.05) is 6.61 Å². The molecular formula is C8H9NO3. The van der Waals surface area contributed by atoms with Crippen LogP contribution in [0.3, 0.4) is 0 Å². The second-order valence-electron chi connectivity index (χ2n) is 2.80. The number of ether oxygens (including phenoxy) is 1. The first-order valence-corrected chi connectivity index (χ1v) is 3.62. The van der Waals surface area contributed by atoms with Gasteiger partial charge in [0.05, 0.1) is 6.04 Å². The molecule has 64 valence electrons. The van der Waals surface area contributed by atoms with Gasteiger partial charge in [0.1, 0.15) is 12.4 Å². The van der Waals surface area contributed by atoms with Gasteiger partial charge in [-0.15, -0.1) is 0 Å². The Morgan fingerprint density at radius 3 is 2.92 bits per heavy atom. The van der Waals surface area contributed by atoms with E-state index in [2.05, 4.69) is 0 Å². The summed E-state index contributed by atoms with van der Waals surface area (Å²) in [6.45, 7) is 0.354. The van der Waals surface area contributed by atoms with Crippen LogP contribution in [0.4, 0.5) is 0 Å². The topological polar surface area (TPSA) is 75.7 Å². The van der Waals surface area contributed by atoms with E-state index in [1.807, 2.05) is 0 Å². The summed E-state index contributed by atoms with van der Waals surface area (Å²) < 4.78 is 5.11. The van der Waals surface area contributed by atoms with Crippen molar-refractivity contribution in [3.05, 3.63) is 17.7 Å². The van der Waals surface area contributed by atoms with Gasteiger partial charge < -0.3 is 20.7 Å². The molecule has 0 amide bonds. The van der Waals surface area contributed by atoms with Crippen LogP contribution in [-0.2, 0) is 0 Å². The van der Waals surface area contributed by atoms with Crippen molar-refractivity contribution in [1.29, 1.82) is 0 Å². The summed E-state index contributed by atoms with van der Waals surface area (Å²) in [5.41, 5.74) is 6.30. The lowest BCUT2D eigenvalue weighted by Crippen LogP contribution is -2.10. The van der Waals surface area contributed by atoms with Crippen molar-refractivity contribution in [1.82, 2.24) is 0 Å². The molecule has 0 aliphatic carbocycles. The molecule has 1 heterocycles. The van der Waals surface area contributed by atoms with E-state index in [9.17, 15) is 5.11 Å². The maximum absolute atomic E-state index is 9.29. The van der Waals surface area contributed by atoms with Crippen molar-refractivity contribution in [3.63, 3.8) is 0 Å². The third kappa shape index (κ3) is 0.887. The van der Waals surface area contributed by atoms with Crippen LogP contribution in [0.25, 0.3) is 0 Å². The molecule has 1 atom stereocenters. The van der Waals surface area contributed by atoms with Crippen molar-refractivity contribution < 1.29 is 14.9 Å². The molecule has 1 aliphatic rings. The van der Waals surface area contributed by atoms with Crippen LogP contribution in [0.2, 0.25) is 0 Å². The molecule has 12 heavy (non-hydrogen) atoms. The van der Waals surface area contributed by atoms with Crippen LogP contribution in [0, 0.1) is 0 Å². The maximum atomic E-state index is 9.29. The number of fused-ring (bicyclic) bond motifs is 1. The van der Waals surface area contributed by atoms with E-state index in [0.29, 0.717) is 17.9 Å². The second kappa shape index (κ2) is 2.28. The molecule has 0 saturated carbocycles. The van der Waals surface area contributed by atoms with Crippen LogP contribution >= 0.6 is 0 Å². The lowest BCUT2D eigenvalue weighted by atomic mass is 10.1. The first-order chi connectivity index (χ1) is 5.68. The van der Waals surface area contributed by atoms with E-state index < -0.39 is 0 Å². The van der Waals surface area contributed by atoms with Gasteiger partial charge in [-0.1, -0.05) is 0 Å². The van der Waals surface area contributed by atoms with E-state index >= 15 is 0 Å². The highest BCUT2D eigenvalue weighted by atomic mass is 16.5. The van der Waals surface area contributed by atoms with Gasteiger partial charge >= 0.3 is 0 Å². The van der Waals surface area contributed by atoms with Gasteiger partial charge in [0.25, 0.3) is 0 Å². The molecule has 0 spiro atoms. The molecule has 0 saturated heterocycles. The molecule has 0 aromatic heterocycles. The number of phenols is 2. The Bertz CT molecular complexity index is 324. The van der Waals surface area contributed by atoms with E-state index in [1.165, 1.54) is 12.1 Å². The smallest absolute Gasteiger partial charge is 0.166 e. The van der Waals surface area contributed by atoms with Crippen LogP contribution in [0.5, 0.6) is 17.2 Å². The van der Waals surface area contributed by atoms with Gasteiger partial charge in [0.15, 0.2) is 11.5 Å².